The van der Waals surface area contributed by atoms with E-state index >= 15 is 0 Å². The van der Waals surface area contributed by atoms with E-state index in [2.05, 4.69) is 97.5 Å². The highest BCUT2D eigenvalue weighted by Gasteiger charge is 2.01. The highest BCUT2D eigenvalue weighted by Crippen LogP contribution is 2.12. The van der Waals surface area contributed by atoms with Gasteiger partial charge in [0, 0.05) is 42.5 Å². The smallest absolute Gasteiger partial charge is 0.145 e. The number of hydrogen-bond donors (Lipinski definition) is 3. The molecule has 0 aliphatic carbocycles. The van der Waals surface area contributed by atoms with E-state index in [4.69, 9.17) is 15.2 Å². The monoisotopic (exact) mass is 793 g/mol. The minimum atomic E-state index is 0.553. The van der Waals surface area contributed by atoms with Crippen LogP contribution in [0.15, 0.2) is 88.1 Å². The topological polar surface area (TPSA) is 120 Å². The summed E-state index contributed by atoms with van der Waals surface area (Å²) >= 11 is 10.0. The van der Waals surface area contributed by atoms with Gasteiger partial charge in [-0.15, -0.1) is 0 Å². The van der Waals surface area contributed by atoms with Crippen LogP contribution in [0.4, 0.5) is 5.82 Å². The molecule has 0 aliphatic heterocycles. The predicted molar refractivity (Wildman–Crippen MR) is 189 cm³/mol. The molecule has 0 amide bonds. The third-order valence-corrected chi connectivity index (χ3v) is 7.16. The molecule has 0 saturated heterocycles. The molecule has 9 nitrogen and oxygen atoms in total. The van der Waals surface area contributed by atoms with Crippen LogP contribution < -0.4 is 5.73 Å². The van der Waals surface area contributed by atoms with E-state index in [1.807, 2.05) is 74.0 Å². The standard InChI is InChI=1S/C14H17BrN2O.C10H13BrO.C4H5BrN2.C4H7N3/c1-12-10-14(15)17(16-12)8-5-9-18-11-13-6-3-2-4-7-13;11-7-4-8-12-9-10-5-2-1-3-6-10;2*1-3-2-4(5)7-6-3/h2-4,6-7,10H,5,8-9,11H2,1H3;1-3,5-6H,4,7-9H2;2H,1H3,(H,6,7);2H,1H3,(H3,5,6,7). The molecular weight excluding hydrogens is 754 g/mol. The Morgan fingerprint density at radius 2 is 1.30 bits per heavy atom. The van der Waals surface area contributed by atoms with Crippen LogP contribution in [0.5, 0.6) is 0 Å². The second kappa shape index (κ2) is 22.7. The number of nitrogens with two attached hydrogens (primary N) is 1. The molecule has 3 aromatic heterocycles. The number of halogens is 3. The van der Waals surface area contributed by atoms with E-state index in [-0.39, 0.29) is 0 Å². The zero-order chi connectivity index (χ0) is 32.0. The van der Waals surface area contributed by atoms with Crippen molar-refractivity contribution in [2.24, 2.45) is 0 Å². The summed E-state index contributed by atoms with van der Waals surface area (Å²) in [6, 6.07) is 26.2. The van der Waals surface area contributed by atoms with Gasteiger partial charge in [-0.05, 0) is 88.7 Å². The van der Waals surface area contributed by atoms with Crippen LogP contribution in [0, 0.1) is 20.8 Å². The molecule has 0 bridgehead atoms. The van der Waals surface area contributed by atoms with Crippen LogP contribution in [0.2, 0.25) is 0 Å². The Balaban J connectivity index is 0.000000223. The van der Waals surface area contributed by atoms with Crippen LogP contribution >= 0.6 is 47.8 Å². The number of benzene rings is 2. The third kappa shape index (κ3) is 17.5. The molecule has 4 N–H and O–H groups in total. The molecule has 5 rings (SSSR count). The first-order chi connectivity index (χ1) is 21.3. The van der Waals surface area contributed by atoms with Crippen molar-refractivity contribution in [1.82, 2.24) is 30.2 Å². The Kier molecular flexibility index (Phi) is 19.3. The lowest BCUT2D eigenvalue weighted by Gasteiger charge is -2.05. The van der Waals surface area contributed by atoms with Gasteiger partial charge in [0.2, 0.25) is 0 Å². The van der Waals surface area contributed by atoms with E-state index in [9.17, 15) is 0 Å². The predicted octanol–water partition coefficient (Wildman–Crippen LogP) is 8.33. The molecule has 0 fully saturated rings. The van der Waals surface area contributed by atoms with Gasteiger partial charge in [-0.2, -0.15) is 15.3 Å². The summed E-state index contributed by atoms with van der Waals surface area (Å²) in [6.45, 7) is 9.73. The molecule has 0 spiro atoms. The number of aromatic amines is 2. The third-order valence-electron chi connectivity index (χ3n) is 5.56. The molecule has 12 heteroatoms. The first-order valence-corrected chi connectivity index (χ1v) is 16.9. The highest BCUT2D eigenvalue weighted by molar-refractivity contribution is 9.10. The summed E-state index contributed by atoms with van der Waals surface area (Å²) in [5.41, 5.74) is 10.8. The largest absolute Gasteiger partial charge is 0.382 e. The van der Waals surface area contributed by atoms with Gasteiger partial charge in [0.25, 0.3) is 0 Å². The Bertz CT molecular complexity index is 1340. The number of aromatic nitrogens is 6. The number of H-pyrrole nitrogens is 2. The number of hydrogen-bond acceptors (Lipinski definition) is 6. The average molecular weight is 796 g/mol. The van der Waals surface area contributed by atoms with Crippen molar-refractivity contribution in [2.75, 3.05) is 24.3 Å². The van der Waals surface area contributed by atoms with E-state index < -0.39 is 0 Å². The number of ether oxygens (including phenoxy) is 2. The lowest BCUT2D eigenvalue weighted by molar-refractivity contribution is 0.115. The quantitative estimate of drug-likeness (QED) is 0.0914. The Hall–Kier alpha value is -2.77. The van der Waals surface area contributed by atoms with Crippen LogP contribution in [-0.4, -0.2) is 48.7 Å². The van der Waals surface area contributed by atoms with Crippen molar-refractivity contribution in [1.29, 1.82) is 0 Å². The fourth-order valence-corrected chi connectivity index (χ4v) is 4.74. The minimum absolute atomic E-state index is 0.553. The molecular formula is C32H42Br3N7O2. The average Bonchev–Trinajstić information content (AvgIpc) is 3.70. The van der Waals surface area contributed by atoms with Crippen LogP contribution in [0.25, 0.3) is 0 Å². The van der Waals surface area contributed by atoms with Crippen LogP contribution in [0.1, 0.15) is 41.1 Å². The number of nitrogens with zero attached hydrogens (tertiary/aromatic N) is 4. The number of aryl methyl sites for hydroxylation is 4. The van der Waals surface area contributed by atoms with Crippen LogP contribution in [-0.2, 0) is 29.2 Å². The molecule has 0 unspecified atom stereocenters. The Labute approximate surface area is 285 Å². The zero-order valence-electron chi connectivity index (χ0n) is 25.5. The van der Waals surface area contributed by atoms with E-state index in [0.717, 1.165) is 70.8 Å². The summed E-state index contributed by atoms with van der Waals surface area (Å²) in [6.07, 6.45) is 2.04. The molecule has 2 aromatic carbocycles. The highest BCUT2D eigenvalue weighted by atomic mass is 79.9. The van der Waals surface area contributed by atoms with Gasteiger partial charge in [-0.1, -0.05) is 76.6 Å². The summed E-state index contributed by atoms with van der Waals surface area (Å²) in [5, 5.41) is 18.3. The molecule has 238 valence electrons. The lowest BCUT2D eigenvalue weighted by Crippen LogP contribution is -2.04. The maximum atomic E-state index is 5.63. The van der Waals surface area contributed by atoms with Crippen molar-refractivity contribution in [3.63, 3.8) is 0 Å². The molecule has 44 heavy (non-hydrogen) atoms. The molecule has 0 saturated carbocycles. The zero-order valence-corrected chi connectivity index (χ0v) is 30.2. The summed E-state index contributed by atoms with van der Waals surface area (Å²) < 4.78 is 14.9. The van der Waals surface area contributed by atoms with Gasteiger partial charge >= 0.3 is 0 Å². The fraction of sp³-hybridized carbons (Fsp3) is 0.344. The van der Waals surface area contributed by atoms with Crippen molar-refractivity contribution < 1.29 is 9.47 Å². The van der Waals surface area contributed by atoms with Gasteiger partial charge < -0.3 is 15.2 Å². The number of alkyl halides is 1. The normalized spacial score (nSPS) is 10.1. The minimum Gasteiger partial charge on any atom is -0.382 e. The lowest BCUT2D eigenvalue weighted by atomic mass is 10.2. The maximum Gasteiger partial charge on any atom is 0.145 e. The first-order valence-electron chi connectivity index (χ1n) is 14.2. The number of anilines is 1. The molecule has 0 aliphatic rings. The van der Waals surface area contributed by atoms with Gasteiger partial charge in [0.15, 0.2) is 0 Å². The number of nitrogen functional groups attached to an aromatic ring is 1. The number of rotatable bonds is 11. The van der Waals surface area contributed by atoms with E-state index in [1.165, 1.54) is 11.1 Å². The number of nitrogens with one attached hydrogen (secondary N) is 2. The van der Waals surface area contributed by atoms with Crippen molar-refractivity contribution in [3.8, 4) is 0 Å². The van der Waals surface area contributed by atoms with Gasteiger partial charge in [0.1, 0.15) is 15.0 Å². The second-order valence-electron chi connectivity index (χ2n) is 9.65. The van der Waals surface area contributed by atoms with Crippen molar-refractivity contribution in [3.05, 3.63) is 116 Å². The van der Waals surface area contributed by atoms with Gasteiger partial charge in [-0.3, -0.25) is 14.9 Å². The first kappa shape index (κ1) is 37.4. The second-order valence-corrected chi connectivity index (χ2v) is 12.1. The van der Waals surface area contributed by atoms with Crippen molar-refractivity contribution >= 4 is 53.6 Å². The Morgan fingerprint density at radius 3 is 1.66 bits per heavy atom. The summed E-state index contributed by atoms with van der Waals surface area (Å²) in [5.74, 6) is 0.553. The summed E-state index contributed by atoms with van der Waals surface area (Å²) in [7, 11) is 0. The van der Waals surface area contributed by atoms with Crippen LogP contribution in [0.3, 0.4) is 0 Å². The van der Waals surface area contributed by atoms with Crippen molar-refractivity contribution in [2.45, 2.75) is 53.4 Å². The molecule has 5 aromatic rings. The summed E-state index contributed by atoms with van der Waals surface area (Å²) in [4.78, 5) is 0. The van der Waals surface area contributed by atoms with Gasteiger partial charge in [-0.25, -0.2) is 0 Å². The maximum absolute atomic E-state index is 5.63. The molecule has 0 radical (unpaired) electrons. The van der Waals surface area contributed by atoms with E-state index in [0.29, 0.717) is 12.4 Å². The Morgan fingerprint density at radius 1 is 0.750 bits per heavy atom. The SMILES string of the molecule is BrCCCOCc1ccccc1.Cc1cc(Br)n(CCCOCc2ccccc2)n1.Cc1cc(Br)n[nH]1.Cc1cc(N)n[nH]1. The fourth-order valence-electron chi connectivity index (χ4n) is 3.50. The van der Waals surface area contributed by atoms with Gasteiger partial charge in [0.05, 0.1) is 18.9 Å². The molecule has 3 heterocycles. The van der Waals surface area contributed by atoms with E-state index in [1.54, 1.807) is 6.07 Å². The molecule has 0 atom stereocenters.